The van der Waals surface area contributed by atoms with E-state index < -0.39 is 0 Å². The van der Waals surface area contributed by atoms with Crippen LogP contribution in [0.15, 0.2) is 48.5 Å². The van der Waals surface area contributed by atoms with Crippen molar-refractivity contribution in [1.82, 2.24) is 4.98 Å². The first-order chi connectivity index (χ1) is 9.36. The van der Waals surface area contributed by atoms with Crippen molar-refractivity contribution in [1.29, 1.82) is 0 Å². The zero-order valence-electron chi connectivity index (χ0n) is 10.9. The molecule has 2 heterocycles. The van der Waals surface area contributed by atoms with Gasteiger partial charge in [-0.25, -0.2) is 4.98 Å². The third-order valence-corrected chi connectivity index (χ3v) is 3.74. The minimum absolute atomic E-state index is 0.00376. The molecule has 1 aromatic carbocycles. The van der Waals surface area contributed by atoms with Crippen molar-refractivity contribution in [3.8, 4) is 0 Å². The van der Waals surface area contributed by atoms with Crippen molar-refractivity contribution in [2.75, 3.05) is 18.0 Å². The molecule has 3 heteroatoms. The van der Waals surface area contributed by atoms with Crippen LogP contribution >= 0.6 is 0 Å². The number of hydrogen-bond donors (Lipinski definition) is 1. The Balaban J connectivity index is 1.75. The number of nitrogens with zero attached hydrogens (tertiary/aromatic N) is 2. The van der Waals surface area contributed by atoms with E-state index in [4.69, 9.17) is 5.11 Å². The van der Waals surface area contributed by atoms with Crippen LogP contribution in [0.1, 0.15) is 23.6 Å². The fourth-order valence-electron chi connectivity index (χ4n) is 2.70. The Hall–Kier alpha value is -1.87. The summed E-state index contributed by atoms with van der Waals surface area (Å²) in [6.07, 6.45) is 1.16. The van der Waals surface area contributed by atoms with Gasteiger partial charge in [-0.3, -0.25) is 0 Å². The molecule has 2 aromatic rings. The van der Waals surface area contributed by atoms with Crippen molar-refractivity contribution >= 4 is 5.82 Å². The van der Waals surface area contributed by atoms with Crippen LogP contribution in [0.4, 0.5) is 5.82 Å². The standard InChI is InChI=1S/C16H18N2O/c19-12-15-7-4-8-16(17-15)18-10-9-14(11-18)13-5-2-1-3-6-13/h1-8,14,19H,9-12H2. The van der Waals surface area contributed by atoms with Crippen LogP contribution in [-0.2, 0) is 6.61 Å². The largest absolute Gasteiger partial charge is 0.390 e. The van der Waals surface area contributed by atoms with E-state index in [-0.39, 0.29) is 6.61 Å². The van der Waals surface area contributed by atoms with Crippen LogP contribution in [0.5, 0.6) is 0 Å². The van der Waals surface area contributed by atoms with Gasteiger partial charge in [0.2, 0.25) is 0 Å². The Morgan fingerprint density at radius 1 is 1.11 bits per heavy atom. The average Bonchev–Trinajstić information content (AvgIpc) is 2.98. The van der Waals surface area contributed by atoms with E-state index in [1.807, 2.05) is 18.2 Å². The minimum atomic E-state index is 0.00376. The number of hydrogen-bond acceptors (Lipinski definition) is 3. The lowest BCUT2D eigenvalue weighted by Gasteiger charge is -2.18. The third-order valence-electron chi connectivity index (χ3n) is 3.74. The molecule has 3 nitrogen and oxygen atoms in total. The van der Waals surface area contributed by atoms with Crippen molar-refractivity contribution < 1.29 is 5.11 Å². The van der Waals surface area contributed by atoms with Crippen molar-refractivity contribution in [2.45, 2.75) is 18.9 Å². The van der Waals surface area contributed by atoms with E-state index in [2.05, 4.69) is 40.2 Å². The first kappa shape index (κ1) is 12.2. The predicted molar refractivity (Wildman–Crippen MR) is 76.2 cm³/mol. The molecule has 1 aliphatic rings. The number of aromatic nitrogens is 1. The highest BCUT2D eigenvalue weighted by Crippen LogP contribution is 2.29. The summed E-state index contributed by atoms with van der Waals surface area (Å²) in [5, 5.41) is 9.15. The van der Waals surface area contributed by atoms with Gasteiger partial charge in [-0.1, -0.05) is 36.4 Å². The topological polar surface area (TPSA) is 36.4 Å². The van der Waals surface area contributed by atoms with Crippen LogP contribution in [0.3, 0.4) is 0 Å². The summed E-state index contributed by atoms with van der Waals surface area (Å²) in [5.41, 5.74) is 2.14. The van der Waals surface area contributed by atoms with Crippen molar-refractivity contribution in [3.05, 3.63) is 59.8 Å². The lowest BCUT2D eigenvalue weighted by atomic mass is 9.99. The van der Waals surface area contributed by atoms with Crippen LogP contribution in [-0.4, -0.2) is 23.2 Å². The molecular weight excluding hydrogens is 236 g/mol. The number of benzene rings is 1. The molecule has 0 radical (unpaired) electrons. The molecular formula is C16H18N2O. The van der Waals surface area contributed by atoms with Gasteiger partial charge in [-0.15, -0.1) is 0 Å². The second kappa shape index (κ2) is 5.41. The number of aliphatic hydroxyl groups is 1. The van der Waals surface area contributed by atoms with Gasteiger partial charge < -0.3 is 10.0 Å². The number of anilines is 1. The van der Waals surface area contributed by atoms with Crippen LogP contribution in [0.2, 0.25) is 0 Å². The molecule has 0 aliphatic carbocycles. The van der Waals surface area contributed by atoms with E-state index in [1.165, 1.54) is 5.56 Å². The van der Waals surface area contributed by atoms with Gasteiger partial charge in [0.25, 0.3) is 0 Å². The van der Waals surface area contributed by atoms with Gasteiger partial charge in [0.1, 0.15) is 5.82 Å². The monoisotopic (exact) mass is 254 g/mol. The van der Waals surface area contributed by atoms with Gasteiger partial charge in [-0.2, -0.15) is 0 Å². The Labute approximate surface area is 113 Å². The molecule has 3 rings (SSSR count). The van der Waals surface area contributed by atoms with Crippen LogP contribution in [0.25, 0.3) is 0 Å². The quantitative estimate of drug-likeness (QED) is 0.914. The number of pyridine rings is 1. The van der Waals surface area contributed by atoms with Crippen LogP contribution < -0.4 is 4.90 Å². The Morgan fingerprint density at radius 2 is 1.95 bits per heavy atom. The summed E-state index contributed by atoms with van der Waals surface area (Å²) in [6, 6.07) is 16.5. The van der Waals surface area contributed by atoms with Gasteiger partial charge in [-0.05, 0) is 24.1 Å². The molecule has 1 N–H and O–H groups in total. The summed E-state index contributed by atoms with van der Waals surface area (Å²) < 4.78 is 0. The SMILES string of the molecule is OCc1cccc(N2CCC(c3ccccc3)C2)n1. The molecule has 19 heavy (non-hydrogen) atoms. The number of rotatable bonds is 3. The first-order valence-electron chi connectivity index (χ1n) is 6.73. The Morgan fingerprint density at radius 3 is 2.74 bits per heavy atom. The van der Waals surface area contributed by atoms with Gasteiger partial charge in [0.15, 0.2) is 0 Å². The third kappa shape index (κ3) is 2.61. The van der Waals surface area contributed by atoms with Gasteiger partial charge in [0, 0.05) is 19.0 Å². The molecule has 0 spiro atoms. The zero-order valence-corrected chi connectivity index (χ0v) is 10.9. The summed E-state index contributed by atoms with van der Waals surface area (Å²) in [6.45, 7) is 2.04. The Kier molecular flexibility index (Phi) is 3.47. The molecule has 1 saturated heterocycles. The Bertz CT molecular complexity index is 541. The normalized spacial score (nSPS) is 18.8. The first-order valence-corrected chi connectivity index (χ1v) is 6.73. The smallest absolute Gasteiger partial charge is 0.128 e. The molecule has 1 aliphatic heterocycles. The molecule has 1 atom stereocenters. The van der Waals surface area contributed by atoms with E-state index >= 15 is 0 Å². The molecule has 0 amide bonds. The maximum absolute atomic E-state index is 9.15. The van der Waals surface area contributed by atoms with E-state index in [1.54, 1.807) is 0 Å². The lowest BCUT2D eigenvalue weighted by molar-refractivity contribution is 0.277. The van der Waals surface area contributed by atoms with Crippen LogP contribution in [0, 0.1) is 0 Å². The van der Waals surface area contributed by atoms with Crippen molar-refractivity contribution in [3.63, 3.8) is 0 Å². The fourth-order valence-corrected chi connectivity index (χ4v) is 2.70. The summed E-state index contributed by atoms with van der Waals surface area (Å²) in [7, 11) is 0. The zero-order chi connectivity index (χ0) is 13.1. The molecule has 1 aromatic heterocycles. The maximum atomic E-state index is 9.15. The summed E-state index contributed by atoms with van der Waals surface area (Å²) in [4.78, 5) is 6.78. The summed E-state index contributed by atoms with van der Waals surface area (Å²) in [5.74, 6) is 1.56. The van der Waals surface area contributed by atoms with Gasteiger partial charge >= 0.3 is 0 Å². The molecule has 98 valence electrons. The van der Waals surface area contributed by atoms with Gasteiger partial charge in [0.05, 0.1) is 12.3 Å². The fraction of sp³-hybridized carbons (Fsp3) is 0.312. The highest BCUT2D eigenvalue weighted by molar-refractivity contribution is 5.42. The molecule has 1 fully saturated rings. The lowest BCUT2D eigenvalue weighted by Crippen LogP contribution is -2.20. The van der Waals surface area contributed by atoms with E-state index in [0.29, 0.717) is 5.92 Å². The summed E-state index contributed by atoms with van der Waals surface area (Å²) >= 11 is 0. The average molecular weight is 254 g/mol. The molecule has 0 bridgehead atoms. The molecule has 0 saturated carbocycles. The van der Waals surface area contributed by atoms with Crippen molar-refractivity contribution in [2.24, 2.45) is 0 Å². The minimum Gasteiger partial charge on any atom is -0.390 e. The molecule has 1 unspecified atom stereocenters. The second-order valence-electron chi connectivity index (χ2n) is 4.99. The highest BCUT2D eigenvalue weighted by atomic mass is 16.3. The van der Waals surface area contributed by atoms with E-state index in [9.17, 15) is 0 Å². The highest BCUT2D eigenvalue weighted by Gasteiger charge is 2.24. The second-order valence-corrected chi connectivity index (χ2v) is 4.99. The number of aliphatic hydroxyl groups excluding tert-OH is 1. The predicted octanol–water partition coefficient (Wildman–Crippen LogP) is 2.57. The van der Waals surface area contributed by atoms with E-state index in [0.717, 1.165) is 31.0 Å². The maximum Gasteiger partial charge on any atom is 0.128 e.